The van der Waals surface area contributed by atoms with Crippen molar-refractivity contribution in [3.8, 4) is 0 Å². The summed E-state index contributed by atoms with van der Waals surface area (Å²) >= 11 is 0. The highest BCUT2D eigenvalue weighted by molar-refractivity contribution is 5.99. The maximum atomic E-state index is 13.1. The van der Waals surface area contributed by atoms with Gasteiger partial charge in [-0.05, 0) is 49.4 Å². The Morgan fingerprint density at radius 2 is 2.20 bits per heavy atom. The highest BCUT2D eigenvalue weighted by Gasteiger charge is 2.50. The predicted octanol–water partition coefficient (Wildman–Crippen LogP) is 2.56. The van der Waals surface area contributed by atoms with E-state index in [0.29, 0.717) is 12.3 Å². The van der Waals surface area contributed by atoms with Crippen molar-refractivity contribution < 1.29 is 9.59 Å². The van der Waals surface area contributed by atoms with Crippen molar-refractivity contribution in [2.75, 3.05) is 18.4 Å². The zero-order chi connectivity index (χ0) is 16.7. The van der Waals surface area contributed by atoms with Crippen molar-refractivity contribution in [3.05, 3.63) is 29.3 Å². The van der Waals surface area contributed by atoms with Gasteiger partial charge in [0.1, 0.15) is 0 Å². The molecule has 3 aliphatic rings. The third kappa shape index (κ3) is 3.15. The first-order valence-corrected chi connectivity index (χ1v) is 9.03. The van der Waals surface area contributed by atoms with Crippen molar-refractivity contribution in [2.45, 2.75) is 45.1 Å². The van der Waals surface area contributed by atoms with Gasteiger partial charge in [0.05, 0.1) is 17.9 Å². The first kappa shape index (κ1) is 18.2. The lowest BCUT2D eigenvalue weighted by molar-refractivity contribution is -0.134. The molecule has 1 saturated heterocycles. The minimum absolute atomic E-state index is 0. The van der Waals surface area contributed by atoms with Crippen molar-refractivity contribution >= 4 is 29.9 Å². The van der Waals surface area contributed by atoms with Gasteiger partial charge in [-0.1, -0.05) is 25.0 Å². The Kier molecular flexibility index (Phi) is 5.07. The van der Waals surface area contributed by atoms with Gasteiger partial charge in [0.25, 0.3) is 0 Å². The average Bonchev–Trinajstić information content (AvgIpc) is 3.16. The molecule has 1 aliphatic carbocycles. The van der Waals surface area contributed by atoms with E-state index in [2.05, 4.69) is 16.0 Å². The van der Waals surface area contributed by atoms with Gasteiger partial charge in [-0.2, -0.15) is 0 Å². The van der Waals surface area contributed by atoms with Gasteiger partial charge < -0.3 is 16.0 Å². The van der Waals surface area contributed by atoms with Crippen LogP contribution in [-0.2, 0) is 16.0 Å². The second kappa shape index (κ2) is 6.96. The van der Waals surface area contributed by atoms with E-state index in [9.17, 15) is 9.59 Å². The first-order valence-electron chi connectivity index (χ1n) is 9.03. The summed E-state index contributed by atoms with van der Waals surface area (Å²) in [4.78, 5) is 24.6. The number of hydrogen-bond acceptors (Lipinski definition) is 3. The molecule has 0 radical (unpaired) electrons. The molecule has 25 heavy (non-hydrogen) atoms. The van der Waals surface area contributed by atoms with Crippen LogP contribution in [0.15, 0.2) is 18.2 Å². The van der Waals surface area contributed by atoms with E-state index in [1.165, 1.54) is 6.42 Å². The molecule has 0 aromatic heterocycles. The maximum Gasteiger partial charge on any atom is 0.228 e. The number of benzene rings is 1. The molecule has 2 amide bonds. The molecule has 3 N–H and O–H groups in total. The third-order valence-corrected chi connectivity index (χ3v) is 6.09. The van der Waals surface area contributed by atoms with E-state index < -0.39 is 0 Å². The smallest absolute Gasteiger partial charge is 0.228 e. The number of carbonyl (C=O) groups is 2. The van der Waals surface area contributed by atoms with E-state index in [-0.39, 0.29) is 35.7 Å². The van der Waals surface area contributed by atoms with E-state index in [1.54, 1.807) is 0 Å². The third-order valence-electron chi connectivity index (χ3n) is 6.09. The van der Waals surface area contributed by atoms with E-state index in [0.717, 1.165) is 49.2 Å². The quantitative estimate of drug-likeness (QED) is 0.773. The summed E-state index contributed by atoms with van der Waals surface area (Å²) in [6.07, 6.45) is 4.96. The number of halogens is 1. The number of carbonyl (C=O) groups excluding carboxylic acids is 2. The van der Waals surface area contributed by atoms with Crippen LogP contribution in [0.4, 0.5) is 5.69 Å². The Balaban J connectivity index is 0.00000182. The number of anilines is 1. The second-order valence-corrected chi connectivity index (χ2v) is 7.57. The van der Waals surface area contributed by atoms with Crippen LogP contribution in [0, 0.1) is 11.3 Å². The Morgan fingerprint density at radius 3 is 3.04 bits per heavy atom. The van der Waals surface area contributed by atoms with Gasteiger partial charge in [-0.15, -0.1) is 12.4 Å². The predicted molar refractivity (Wildman–Crippen MR) is 99.8 cm³/mol. The van der Waals surface area contributed by atoms with Gasteiger partial charge in [-0.3, -0.25) is 9.59 Å². The Hall–Kier alpha value is -1.59. The minimum atomic E-state index is -0.221. The van der Waals surface area contributed by atoms with Gasteiger partial charge in [0, 0.05) is 12.2 Å². The Bertz CT molecular complexity index is 693. The molecule has 4 rings (SSSR count). The highest BCUT2D eigenvalue weighted by atomic mass is 35.5. The first-order chi connectivity index (χ1) is 11.6. The SMILES string of the molecule is CC(NC(=O)[C@@]12CCCC[C@H]1CNC2)c1ccc2c(c1)CC(=O)N2.Cl. The summed E-state index contributed by atoms with van der Waals surface area (Å²) in [5.74, 6) is 0.708. The molecule has 1 aromatic rings. The van der Waals surface area contributed by atoms with Crippen LogP contribution in [0.25, 0.3) is 0 Å². The molecule has 1 unspecified atom stereocenters. The zero-order valence-electron chi connectivity index (χ0n) is 14.6. The molecule has 136 valence electrons. The fourth-order valence-electron chi connectivity index (χ4n) is 4.63. The van der Waals surface area contributed by atoms with Crippen LogP contribution in [-0.4, -0.2) is 24.9 Å². The molecule has 6 heteroatoms. The molecule has 3 atom stereocenters. The monoisotopic (exact) mass is 363 g/mol. The molecular weight excluding hydrogens is 338 g/mol. The lowest BCUT2D eigenvalue weighted by Crippen LogP contribution is -2.48. The molecular formula is C19H26ClN3O2. The Morgan fingerprint density at radius 1 is 1.36 bits per heavy atom. The van der Waals surface area contributed by atoms with E-state index >= 15 is 0 Å². The molecule has 1 aromatic carbocycles. The highest BCUT2D eigenvalue weighted by Crippen LogP contribution is 2.44. The number of amides is 2. The zero-order valence-corrected chi connectivity index (χ0v) is 15.4. The van der Waals surface area contributed by atoms with Crippen LogP contribution in [0.2, 0.25) is 0 Å². The van der Waals surface area contributed by atoms with Crippen LogP contribution >= 0.6 is 12.4 Å². The van der Waals surface area contributed by atoms with Gasteiger partial charge in [0.2, 0.25) is 11.8 Å². The van der Waals surface area contributed by atoms with Gasteiger partial charge in [-0.25, -0.2) is 0 Å². The van der Waals surface area contributed by atoms with Crippen molar-refractivity contribution in [1.82, 2.24) is 10.6 Å². The van der Waals surface area contributed by atoms with E-state index in [4.69, 9.17) is 0 Å². The molecule has 0 spiro atoms. The fraction of sp³-hybridized carbons (Fsp3) is 0.579. The van der Waals surface area contributed by atoms with Crippen LogP contribution in [0.1, 0.15) is 49.8 Å². The Labute approximate surface area is 154 Å². The standard InChI is InChI=1S/C19H25N3O2.ClH/c1-12(13-5-6-16-14(8-13)9-17(23)22-16)21-18(24)19-7-3-2-4-15(19)10-20-11-19;/h5-6,8,12,15,20H,2-4,7,9-11H2,1H3,(H,21,24)(H,22,23);1H/t12?,15-,19+;/m0./s1. The number of fused-ring (bicyclic) bond motifs is 2. The van der Waals surface area contributed by atoms with E-state index in [1.807, 2.05) is 25.1 Å². The van der Waals surface area contributed by atoms with Crippen LogP contribution in [0.3, 0.4) is 0 Å². The average molecular weight is 364 g/mol. The maximum absolute atomic E-state index is 13.1. The van der Waals surface area contributed by atoms with Gasteiger partial charge >= 0.3 is 0 Å². The second-order valence-electron chi connectivity index (χ2n) is 7.57. The molecule has 0 bridgehead atoms. The summed E-state index contributed by atoms with van der Waals surface area (Å²) in [7, 11) is 0. The molecule has 2 aliphatic heterocycles. The van der Waals surface area contributed by atoms with Crippen molar-refractivity contribution in [2.24, 2.45) is 11.3 Å². The summed E-state index contributed by atoms with van der Waals surface area (Å²) in [6, 6.07) is 5.94. The summed E-state index contributed by atoms with van der Waals surface area (Å²) < 4.78 is 0. The molecule has 5 nitrogen and oxygen atoms in total. The summed E-state index contributed by atoms with van der Waals surface area (Å²) in [5.41, 5.74) is 2.76. The number of hydrogen-bond donors (Lipinski definition) is 3. The molecule has 2 fully saturated rings. The van der Waals surface area contributed by atoms with Crippen LogP contribution in [0.5, 0.6) is 0 Å². The normalized spacial score (nSPS) is 28.4. The van der Waals surface area contributed by atoms with Crippen LogP contribution < -0.4 is 16.0 Å². The fourth-order valence-corrected chi connectivity index (χ4v) is 4.63. The number of rotatable bonds is 3. The number of nitrogens with one attached hydrogen (secondary N) is 3. The largest absolute Gasteiger partial charge is 0.349 e. The lowest BCUT2D eigenvalue weighted by atomic mass is 9.67. The lowest BCUT2D eigenvalue weighted by Gasteiger charge is -2.38. The summed E-state index contributed by atoms with van der Waals surface area (Å²) in [6.45, 7) is 3.80. The topological polar surface area (TPSA) is 70.2 Å². The van der Waals surface area contributed by atoms with Crippen molar-refractivity contribution in [3.63, 3.8) is 0 Å². The van der Waals surface area contributed by atoms with Gasteiger partial charge in [0.15, 0.2) is 0 Å². The molecule has 1 saturated carbocycles. The summed E-state index contributed by atoms with van der Waals surface area (Å²) in [5, 5.41) is 9.53. The minimum Gasteiger partial charge on any atom is -0.349 e. The van der Waals surface area contributed by atoms with Crippen molar-refractivity contribution in [1.29, 1.82) is 0 Å². The molecule has 2 heterocycles.